The molecule has 10 heavy (non-hydrogen) atoms. The summed E-state index contributed by atoms with van der Waals surface area (Å²) in [5, 5.41) is 0. The Kier molecular flexibility index (Phi) is 8.37. The number of hydrogen-bond acceptors (Lipinski definition) is 2. The summed E-state index contributed by atoms with van der Waals surface area (Å²) >= 11 is 0. The molecule has 0 unspecified atom stereocenters. The third-order valence-corrected chi connectivity index (χ3v) is 1.22. The van der Waals surface area contributed by atoms with Crippen molar-refractivity contribution in [3.05, 3.63) is 12.2 Å². The predicted octanol–water partition coefficient (Wildman–Crippen LogP) is 1.32. The maximum atomic E-state index is 5.29. The standard InChI is InChI=1S/C8H17NO/c1-10-8-6-4-2-3-5-7-9/h2-3H,4-9H2,1H3/b3-2+. The Bertz CT molecular complexity index is 81.3. The van der Waals surface area contributed by atoms with Gasteiger partial charge in [-0.05, 0) is 25.8 Å². The van der Waals surface area contributed by atoms with Crippen molar-refractivity contribution in [3.63, 3.8) is 0 Å². The average molecular weight is 143 g/mol. The zero-order chi connectivity index (χ0) is 7.66. The van der Waals surface area contributed by atoms with Crippen LogP contribution < -0.4 is 5.73 Å². The van der Waals surface area contributed by atoms with Gasteiger partial charge in [0, 0.05) is 13.7 Å². The fraction of sp³-hybridized carbons (Fsp3) is 0.750. The zero-order valence-electron chi connectivity index (χ0n) is 6.68. The summed E-state index contributed by atoms with van der Waals surface area (Å²) in [7, 11) is 1.73. The molecule has 0 aromatic heterocycles. The van der Waals surface area contributed by atoms with Gasteiger partial charge in [0.2, 0.25) is 0 Å². The Morgan fingerprint density at radius 3 is 2.60 bits per heavy atom. The molecule has 0 radical (unpaired) electrons. The summed E-state index contributed by atoms with van der Waals surface area (Å²) < 4.78 is 4.89. The molecule has 0 spiro atoms. The third-order valence-electron chi connectivity index (χ3n) is 1.22. The lowest BCUT2D eigenvalue weighted by molar-refractivity contribution is 0.196. The van der Waals surface area contributed by atoms with Gasteiger partial charge in [0.1, 0.15) is 0 Å². The molecule has 0 fully saturated rings. The maximum absolute atomic E-state index is 5.29. The number of unbranched alkanes of at least 4 members (excludes halogenated alkanes) is 1. The topological polar surface area (TPSA) is 35.2 Å². The molecule has 0 atom stereocenters. The number of allylic oxidation sites excluding steroid dienone is 1. The van der Waals surface area contributed by atoms with Crippen molar-refractivity contribution in [2.75, 3.05) is 20.3 Å². The van der Waals surface area contributed by atoms with Crippen LogP contribution in [-0.2, 0) is 4.74 Å². The van der Waals surface area contributed by atoms with Gasteiger partial charge in [0.15, 0.2) is 0 Å². The lowest BCUT2D eigenvalue weighted by Crippen LogP contribution is -1.95. The molecule has 0 saturated heterocycles. The quantitative estimate of drug-likeness (QED) is 0.449. The Hall–Kier alpha value is -0.340. The minimum atomic E-state index is 0.751. The number of methoxy groups -OCH3 is 1. The summed E-state index contributed by atoms with van der Waals surface area (Å²) in [5.41, 5.74) is 5.29. The number of rotatable bonds is 6. The molecule has 2 N–H and O–H groups in total. The summed E-state index contributed by atoms with van der Waals surface area (Å²) in [6.07, 6.45) is 7.49. The van der Waals surface area contributed by atoms with Gasteiger partial charge < -0.3 is 10.5 Å². The first kappa shape index (κ1) is 9.66. The third kappa shape index (κ3) is 7.66. The molecule has 0 aromatic carbocycles. The summed E-state index contributed by atoms with van der Waals surface area (Å²) in [6.45, 7) is 1.60. The molecular weight excluding hydrogens is 126 g/mol. The molecule has 0 aliphatic rings. The van der Waals surface area contributed by atoms with E-state index in [4.69, 9.17) is 10.5 Å². The number of hydrogen-bond donors (Lipinski definition) is 1. The van der Waals surface area contributed by atoms with Gasteiger partial charge >= 0.3 is 0 Å². The highest BCUT2D eigenvalue weighted by atomic mass is 16.5. The smallest absolute Gasteiger partial charge is 0.0465 e. The van der Waals surface area contributed by atoms with Crippen molar-refractivity contribution < 1.29 is 4.74 Å². The fourth-order valence-corrected chi connectivity index (χ4v) is 0.677. The van der Waals surface area contributed by atoms with Gasteiger partial charge in [0.05, 0.1) is 0 Å². The van der Waals surface area contributed by atoms with Crippen molar-refractivity contribution in [2.24, 2.45) is 5.73 Å². The highest BCUT2D eigenvalue weighted by Gasteiger charge is 1.80. The van der Waals surface area contributed by atoms with Crippen molar-refractivity contribution in [1.29, 1.82) is 0 Å². The van der Waals surface area contributed by atoms with Crippen LogP contribution in [-0.4, -0.2) is 20.3 Å². The molecule has 0 bridgehead atoms. The van der Waals surface area contributed by atoms with Crippen molar-refractivity contribution >= 4 is 0 Å². The summed E-state index contributed by atoms with van der Waals surface area (Å²) in [4.78, 5) is 0. The second-order valence-electron chi connectivity index (χ2n) is 2.18. The van der Waals surface area contributed by atoms with Crippen LogP contribution in [0.15, 0.2) is 12.2 Å². The van der Waals surface area contributed by atoms with E-state index in [9.17, 15) is 0 Å². The fourth-order valence-electron chi connectivity index (χ4n) is 0.677. The van der Waals surface area contributed by atoms with E-state index in [-0.39, 0.29) is 0 Å². The lowest BCUT2D eigenvalue weighted by atomic mass is 10.3. The first-order valence-corrected chi connectivity index (χ1v) is 3.76. The second kappa shape index (κ2) is 8.66. The number of ether oxygens (including phenoxy) is 1. The Labute approximate surface area is 63.1 Å². The predicted molar refractivity (Wildman–Crippen MR) is 43.9 cm³/mol. The van der Waals surface area contributed by atoms with E-state index in [1.807, 2.05) is 0 Å². The molecule has 60 valence electrons. The van der Waals surface area contributed by atoms with E-state index in [1.165, 1.54) is 0 Å². The van der Waals surface area contributed by atoms with Crippen molar-refractivity contribution in [1.82, 2.24) is 0 Å². The van der Waals surface area contributed by atoms with Crippen LogP contribution in [0, 0.1) is 0 Å². The van der Waals surface area contributed by atoms with Crippen LogP contribution in [0.4, 0.5) is 0 Å². The Balaban J connectivity index is 2.88. The molecule has 0 aromatic rings. The van der Waals surface area contributed by atoms with Gasteiger partial charge in [-0.15, -0.1) is 0 Å². The highest BCUT2D eigenvalue weighted by molar-refractivity contribution is 4.81. The minimum Gasteiger partial charge on any atom is -0.385 e. The Morgan fingerprint density at radius 2 is 2.00 bits per heavy atom. The van der Waals surface area contributed by atoms with Crippen molar-refractivity contribution in [3.8, 4) is 0 Å². The van der Waals surface area contributed by atoms with E-state index in [0.29, 0.717) is 0 Å². The number of nitrogens with two attached hydrogens (primary N) is 1. The van der Waals surface area contributed by atoms with Gasteiger partial charge in [-0.3, -0.25) is 0 Å². The van der Waals surface area contributed by atoms with Crippen LogP contribution in [0.5, 0.6) is 0 Å². The maximum Gasteiger partial charge on any atom is 0.0465 e. The van der Waals surface area contributed by atoms with E-state index in [2.05, 4.69) is 12.2 Å². The van der Waals surface area contributed by atoms with E-state index >= 15 is 0 Å². The molecule has 2 nitrogen and oxygen atoms in total. The van der Waals surface area contributed by atoms with E-state index < -0.39 is 0 Å². The SMILES string of the molecule is COCCC/C=C/CCN. The highest BCUT2D eigenvalue weighted by Crippen LogP contribution is 1.91. The normalized spacial score (nSPS) is 11.0. The van der Waals surface area contributed by atoms with Crippen LogP contribution in [0.2, 0.25) is 0 Å². The molecule has 0 rings (SSSR count). The first-order valence-electron chi connectivity index (χ1n) is 3.76. The lowest BCUT2D eigenvalue weighted by Gasteiger charge is -1.92. The molecule has 0 amide bonds. The van der Waals surface area contributed by atoms with Crippen LogP contribution in [0.25, 0.3) is 0 Å². The summed E-state index contributed by atoms with van der Waals surface area (Å²) in [6, 6.07) is 0. The molecular formula is C8H17NO. The molecule has 2 heteroatoms. The minimum absolute atomic E-state index is 0.751. The average Bonchev–Trinajstić information content (AvgIpc) is 1.97. The van der Waals surface area contributed by atoms with Crippen molar-refractivity contribution in [2.45, 2.75) is 19.3 Å². The van der Waals surface area contributed by atoms with Crippen LogP contribution in [0.1, 0.15) is 19.3 Å². The van der Waals surface area contributed by atoms with Gasteiger partial charge in [-0.2, -0.15) is 0 Å². The second-order valence-corrected chi connectivity index (χ2v) is 2.18. The van der Waals surface area contributed by atoms with E-state index in [1.54, 1.807) is 7.11 Å². The molecule has 0 heterocycles. The Morgan fingerprint density at radius 1 is 1.30 bits per heavy atom. The van der Waals surface area contributed by atoms with Crippen LogP contribution >= 0.6 is 0 Å². The van der Waals surface area contributed by atoms with Gasteiger partial charge in [-0.1, -0.05) is 12.2 Å². The summed E-state index contributed by atoms with van der Waals surface area (Å²) in [5.74, 6) is 0. The van der Waals surface area contributed by atoms with Gasteiger partial charge in [-0.25, -0.2) is 0 Å². The van der Waals surface area contributed by atoms with Crippen LogP contribution in [0.3, 0.4) is 0 Å². The van der Waals surface area contributed by atoms with Gasteiger partial charge in [0.25, 0.3) is 0 Å². The molecule has 0 aliphatic carbocycles. The monoisotopic (exact) mass is 143 g/mol. The molecule has 0 aliphatic heterocycles. The zero-order valence-corrected chi connectivity index (χ0v) is 6.68. The largest absolute Gasteiger partial charge is 0.385 e. The van der Waals surface area contributed by atoms with E-state index in [0.717, 1.165) is 32.4 Å². The molecule has 0 saturated carbocycles. The first-order chi connectivity index (χ1) is 4.91.